The van der Waals surface area contributed by atoms with Gasteiger partial charge >= 0.3 is 0 Å². The zero-order valence-corrected chi connectivity index (χ0v) is 22.4. The second kappa shape index (κ2) is 10.6. The largest absolute Gasteiger partial charge is 0.396 e. The molecule has 3 unspecified atom stereocenters. The predicted octanol–water partition coefficient (Wildman–Crippen LogP) is 3.22. The van der Waals surface area contributed by atoms with E-state index in [-0.39, 0.29) is 48.6 Å². The van der Waals surface area contributed by atoms with Crippen molar-refractivity contribution in [2.45, 2.75) is 35.8 Å². The van der Waals surface area contributed by atoms with E-state index in [1.807, 2.05) is 6.07 Å². The zero-order valence-electron chi connectivity index (χ0n) is 20.8. The second-order valence-electron chi connectivity index (χ2n) is 9.86. The van der Waals surface area contributed by atoms with Crippen molar-refractivity contribution < 1.29 is 19.5 Å². The number of benzene rings is 1. The van der Waals surface area contributed by atoms with Gasteiger partial charge in [0.1, 0.15) is 6.04 Å². The Labute approximate surface area is 222 Å². The summed E-state index contributed by atoms with van der Waals surface area (Å²) in [5.74, 6) is -1.52. The van der Waals surface area contributed by atoms with Gasteiger partial charge in [-0.1, -0.05) is 42.8 Å². The van der Waals surface area contributed by atoms with Crippen molar-refractivity contribution in [3.8, 4) is 0 Å². The minimum Gasteiger partial charge on any atom is -0.396 e. The number of para-hydroxylation sites is 1. The number of nitrogens with zero attached hydrogens (tertiary/aromatic N) is 3. The van der Waals surface area contributed by atoms with Gasteiger partial charge in [0.15, 0.2) is 0 Å². The van der Waals surface area contributed by atoms with Gasteiger partial charge in [-0.2, -0.15) is 0 Å². The van der Waals surface area contributed by atoms with Crippen LogP contribution in [-0.4, -0.2) is 82.0 Å². The van der Waals surface area contributed by atoms with Crippen molar-refractivity contribution in [1.82, 2.24) is 9.80 Å². The highest BCUT2D eigenvalue weighted by Gasteiger charge is 2.76. The molecule has 0 saturated carbocycles. The van der Waals surface area contributed by atoms with Gasteiger partial charge in [-0.25, -0.2) is 0 Å². The number of likely N-dealkylation sites (tertiary alicyclic amines) is 1. The number of carbonyl (C=O) groups is 3. The van der Waals surface area contributed by atoms with Crippen LogP contribution in [0.15, 0.2) is 49.6 Å². The summed E-state index contributed by atoms with van der Waals surface area (Å²) in [7, 11) is 1.73. The minimum atomic E-state index is -0.773. The smallest absolute Gasteiger partial charge is 0.251 e. The fraction of sp³-hybridized carbons (Fsp3) is 0.519. The molecule has 9 heteroatoms. The quantitative estimate of drug-likeness (QED) is 0.469. The Morgan fingerprint density at radius 1 is 1.25 bits per heavy atom. The summed E-state index contributed by atoms with van der Waals surface area (Å²) in [6, 6.07) is 6.36. The highest BCUT2D eigenvalue weighted by molar-refractivity contribution is 8.02. The van der Waals surface area contributed by atoms with Gasteiger partial charge in [0, 0.05) is 38.5 Å². The third kappa shape index (κ3) is 4.07. The molecule has 3 heterocycles. The maximum Gasteiger partial charge on any atom is 0.251 e. The molecule has 2 bridgehead atoms. The average Bonchev–Trinajstić information content (AvgIpc) is 3.44. The predicted molar refractivity (Wildman–Crippen MR) is 144 cm³/mol. The van der Waals surface area contributed by atoms with E-state index in [0.717, 1.165) is 6.42 Å². The van der Waals surface area contributed by atoms with Crippen molar-refractivity contribution in [2.24, 2.45) is 17.8 Å². The number of aliphatic hydroxyl groups excluding tert-OH is 1. The van der Waals surface area contributed by atoms with Crippen LogP contribution in [0, 0.1) is 17.8 Å². The lowest BCUT2D eigenvalue weighted by Gasteiger charge is -2.41. The molecule has 3 amide bonds. The summed E-state index contributed by atoms with van der Waals surface area (Å²) >= 11 is 8.13. The second-order valence-corrected chi connectivity index (χ2v) is 11.8. The van der Waals surface area contributed by atoms with E-state index in [2.05, 4.69) is 20.1 Å². The fourth-order valence-corrected chi connectivity index (χ4v) is 9.00. The number of thioether (sulfide) groups is 1. The minimum absolute atomic E-state index is 0.0304. The highest BCUT2D eigenvalue weighted by atomic mass is 35.5. The number of aliphatic hydroxyl groups is 1. The Hall–Kier alpha value is -2.29. The molecule has 1 N–H and O–H groups in total. The molecule has 1 aromatic carbocycles. The first-order valence-corrected chi connectivity index (χ1v) is 13.6. The van der Waals surface area contributed by atoms with Crippen LogP contribution in [0.5, 0.6) is 0 Å². The number of hydrogen-bond donors (Lipinski definition) is 1. The number of hydrogen-bond acceptors (Lipinski definition) is 5. The molecule has 3 aliphatic heterocycles. The van der Waals surface area contributed by atoms with E-state index in [4.69, 9.17) is 11.6 Å². The summed E-state index contributed by atoms with van der Waals surface area (Å²) in [5.41, 5.74) is 0.557. The molecule has 3 fully saturated rings. The van der Waals surface area contributed by atoms with E-state index >= 15 is 0 Å². The van der Waals surface area contributed by atoms with E-state index in [1.54, 1.807) is 63.9 Å². The van der Waals surface area contributed by atoms with Gasteiger partial charge in [0.05, 0.1) is 27.3 Å². The fourth-order valence-electron chi connectivity index (χ4n) is 6.35. The molecule has 36 heavy (non-hydrogen) atoms. The van der Waals surface area contributed by atoms with E-state index in [0.29, 0.717) is 23.7 Å². The van der Waals surface area contributed by atoms with Crippen molar-refractivity contribution in [3.63, 3.8) is 0 Å². The Morgan fingerprint density at radius 3 is 2.58 bits per heavy atom. The average molecular weight is 532 g/mol. The molecule has 0 aliphatic carbocycles. The van der Waals surface area contributed by atoms with Crippen molar-refractivity contribution in [3.05, 3.63) is 54.6 Å². The first-order chi connectivity index (χ1) is 17.2. The van der Waals surface area contributed by atoms with Gasteiger partial charge < -0.3 is 19.8 Å². The van der Waals surface area contributed by atoms with Gasteiger partial charge in [-0.3, -0.25) is 14.4 Å². The van der Waals surface area contributed by atoms with Crippen LogP contribution in [0.4, 0.5) is 5.69 Å². The monoisotopic (exact) mass is 531 g/mol. The molecule has 3 aliphatic rings. The molecule has 7 nitrogen and oxygen atoms in total. The highest BCUT2D eigenvalue weighted by Crippen LogP contribution is 2.69. The zero-order chi connectivity index (χ0) is 26.2. The van der Waals surface area contributed by atoms with Crippen LogP contribution in [0.2, 0.25) is 5.02 Å². The van der Waals surface area contributed by atoms with Gasteiger partial charge in [-0.05, 0) is 30.9 Å². The molecule has 194 valence electrons. The third-order valence-electron chi connectivity index (χ3n) is 7.82. The summed E-state index contributed by atoms with van der Waals surface area (Å²) in [6.45, 7) is 10.4. The van der Waals surface area contributed by atoms with Crippen molar-refractivity contribution in [1.29, 1.82) is 0 Å². The van der Waals surface area contributed by atoms with Crippen molar-refractivity contribution >= 4 is 46.8 Å². The summed E-state index contributed by atoms with van der Waals surface area (Å²) in [6.07, 6.45) is 4.43. The van der Waals surface area contributed by atoms with Crippen molar-refractivity contribution in [2.75, 3.05) is 38.2 Å². The Kier molecular flexibility index (Phi) is 7.88. The van der Waals surface area contributed by atoms with E-state index in [9.17, 15) is 19.5 Å². The van der Waals surface area contributed by atoms with Crippen LogP contribution in [-0.2, 0) is 14.4 Å². The Morgan fingerprint density at radius 2 is 1.94 bits per heavy atom. The first kappa shape index (κ1) is 26.8. The lowest BCUT2D eigenvalue weighted by molar-refractivity contribution is -0.143. The molecule has 0 radical (unpaired) electrons. The number of rotatable bonds is 10. The maximum absolute atomic E-state index is 14.4. The molecule has 0 aromatic heterocycles. The molecule has 1 spiro atoms. The van der Waals surface area contributed by atoms with Gasteiger partial charge in [-0.15, -0.1) is 24.9 Å². The Balaban J connectivity index is 1.81. The van der Waals surface area contributed by atoms with E-state index in [1.165, 1.54) is 0 Å². The lowest BCUT2D eigenvalue weighted by atomic mass is 9.65. The lowest BCUT2D eigenvalue weighted by Crippen LogP contribution is -2.57. The maximum atomic E-state index is 14.4. The molecular formula is C27H34ClN3O4S. The SMILES string of the molecule is C=CCN(C)C(=O)[C@@H]1[C@@H]2CC(C)C3(S2)C(C(=O)N(CC=C)c2ccccc2Cl)N(CCCO)C(=O)[C@H]13. The summed E-state index contributed by atoms with van der Waals surface area (Å²) in [4.78, 5) is 46.8. The molecular weight excluding hydrogens is 498 g/mol. The van der Waals surface area contributed by atoms with Gasteiger partial charge in [0.25, 0.3) is 5.91 Å². The Bertz CT molecular complexity index is 1070. The van der Waals surface area contributed by atoms with Crippen LogP contribution < -0.4 is 4.90 Å². The number of fused-ring (bicyclic) bond motifs is 1. The molecule has 6 atom stereocenters. The number of halogens is 1. The topological polar surface area (TPSA) is 81.2 Å². The van der Waals surface area contributed by atoms with E-state index < -0.39 is 22.6 Å². The summed E-state index contributed by atoms with van der Waals surface area (Å²) in [5, 5.41) is 9.97. The molecule has 3 saturated heterocycles. The van der Waals surface area contributed by atoms with Crippen LogP contribution >= 0.6 is 23.4 Å². The number of amides is 3. The van der Waals surface area contributed by atoms with Gasteiger partial charge in [0.2, 0.25) is 11.8 Å². The standard InChI is InChI=1S/C27H34ClN3O4S/c1-5-12-29(4)24(33)21-20-16-17(3)27(36-20)22(21)25(34)31(14-9-15-32)23(27)26(35)30(13-6-2)19-11-8-7-10-18(19)28/h5-8,10-11,17,20-23,32H,1-2,9,12-16H2,3-4H3/t17?,20-,21+,22-,23?,27?/m0/s1. The number of anilines is 1. The molecule has 4 rings (SSSR count). The molecule has 1 aromatic rings. The van der Waals surface area contributed by atoms with Crippen LogP contribution in [0.25, 0.3) is 0 Å². The first-order valence-electron chi connectivity index (χ1n) is 12.4. The normalized spacial score (nSPS) is 30.3. The third-order valence-corrected chi connectivity index (χ3v) is 10.2. The number of carbonyl (C=O) groups excluding carboxylic acids is 3. The van der Waals surface area contributed by atoms with Crippen LogP contribution in [0.1, 0.15) is 19.8 Å². The number of likely N-dealkylation sites (N-methyl/N-ethyl adjacent to an activating group) is 1. The summed E-state index contributed by atoms with van der Waals surface area (Å²) < 4.78 is -0.732. The van der Waals surface area contributed by atoms with Crippen LogP contribution in [0.3, 0.4) is 0 Å².